The van der Waals surface area contributed by atoms with Crippen LogP contribution in [0, 0.1) is 0 Å². The molecule has 20 heavy (non-hydrogen) atoms. The van der Waals surface area contributed by atoms with E-state index in [4.69, 9.17) is 4.74 Å². The van der Waals surface area contributed by atoms with Crippen LogP contribution in [0.4, 0.5) is 4.79 Å². The zero-order valence-corrected chi connectivity index (χ0v) is 12.9. The fraction of sp³-hybridized carbons (Fsp3) is 0.571. The molecule has 110 valence electrons. The topological polar surface area (TPSA) is 59.5 Å². The second-order valence-corrected chi connectivity index (χ2v) is 7.55. The molecule has 0 radical (unpaired) electrons. The molecule has 5 nitrogen and oxygen atoms in total. The number of ether oxygens (including phenoxy) is 1. The fourth-order valence-electron chi connectivity index (χ4n) is 2.06. The first-order valence-electron chi connectivity index (χ1n) is 6.65. The van der Waals surface area contributed by atoms with Gasteiger partial charge < -0.3 is 9.64 Å². The van der Waals surface area contributed by atoms with Crippen LogP contribution in [-0.2, 0) is 15.5 Å². The normalized spacial score (nSPS) is 20.8. The van der Waals surface area contributed by atoms with Crippen LogP contribution in [-0.4, -0.2) is 44.1 Å². The Morgan fingerprint density at radius 2 is 2.05 bits per heavy atom. The molecule has 1 aliphatic heterocycles. The van der Waals surface area contributed by atoms with Crippen LogP contribution >= 0.6 is 0 Å². The van der Waals surface area contributed by atoms with Crippen molar-refractivity contribution in [2.24, 2.45) is 0 Å². The standard InChI is InChI=1S/C14H20N2O3S/c1-14(2,3)19-13(17)16-9-6-12(10-16)20(18)11-4-7-15-8-5-11/h4-5,7-8,12H,6,9-10H2,1-3H3/t12-,20?/m0/s1. The fourth-order valence-corrected chi connectivity index (χ4v) is 3.47. The summed E-state index contributed by atoms with van der Waals surface area (Å²) < 4.78 is 17.7. The number of aromatic nitrogens is 1. The van der Waals surface area contributed by atoms with Crippen LogP contribution in [0.3, 0.4) is 0 Å². The number of amides is 1. The van der Waals surface area contributed by atoms with Gasteiger partial charge in [-0.05, 0) is 39.3 Å². The highest BCUT2D eigenvalue weighted by Gasteiger charge is 2.33. The first-order valence-corrected chi connectivity index (χ1v) is 7.86. The summed E-state index contributed by atoms with van der Waals surface area (Å²) in [7, 11) is -1.11. The minimum atomic E-state index is -1.11. The summed E-state index contributed by atoms with van der Waals surface area (Å²) in [6.07, 6.45) is 3.67. The van der Waals surface area contributed by atoms with Crippen molar-refractivity contribution < 1.29 is 13.7 Å². The molecule has 1 aliphatic rings. The third-order valence-electron chi connectivity index (χ3n) is 2.98. The highest BCUT2D eigenvalue weighted by atomic mass is 32.2. The minimum Gasteiger partial charge on any atom is -0.444 e. The van der Waals surface area contributed by atoms with Crippen LogP contribution in [0.25, 0.3) is 0 Å². The zero-order valence-electron chi connectivity index (χ0n) is 12.0. The molecule has 0 aromatic carbocycles. The predicted molar refractivity (Wildman–Crippen MR) is 76.9 cm³/mol. The molecule has 0 bridgehead atoms. The van der Waals surface area contributed by atoms with Crippen molar-refractivity contribution in [1.29, 1.82) is 0 Å². The monoisotopic (exact) mass is 296 g/mol. The molecule has 6 heteroatoms. The van der Waals surface area contributed by atoms with Gasteiger partial charge in [0.25, 0.3) is 0 Å². The van der Waals surface area contributed by atoms with E-state index >= 15 is 0 Å². The molecule has 1 saturated heterocycles. The van der Waals surface area contributed by atoms with Crippen molar-refractivity contribution in [1.82, 2.24) is 9.88 Å². The summed E-state index contributed by atoms with van der Waals surface area (Å²) in [5.74, 6) is 0. The molecule has 1 aromatic heterocycles. The number of carbonyl (C=O) groups excluding carboxylic acids is 1. The van der Waals surface area contributed by atoms with E-state index in [1.807, 2.05) is 20.8 Å². The second-order valence-electron chi connectivity index (χ2n) is 5.82. The largest absolute Gasteiger partial charge is 0.444 e. The Bertz CT molecular complexity index is 499. The Morgan fingerprint density at radius 1 is 1.40 bits per heavy atom. The van der Waals surface area contributed by atoms with E-state index in [0.717, 1.165) is 11.3 Å². The Morgan fingerprint density at radius 3 is 2.65 bits per heavy atom. The van der Waals surface area contributed by atoms with E-state index in [0.29, 0.717) is 13.1 Å². The molecule has 0 aliphatic carbocycles. The summed E-state index contributed by atoms with van der Waals surface area (Å²) in [5.41, 5.74) is -0.501. The first kappa shape index (κ1) is 15.0. The van der Waals surface area contributed by atoms with Gasteiger partial charge in [0, 0.05) is 30.4 Å². The lowest BCUT2D eigenvalue weighted by atomic mass is 10.2. The molecular formula is C14H20N2O3S. The van der Waals surface area contributed by atoms with Gasteiger partial charge in [-0.25, -0.2) is 4.79 Å². The molecular weight excluding hydrogens is 276 g/mol. The zero-order chi connectivity index (χ0) is 14.8. The maximum absolute atomic E-state index is 12.4. The maximum atomic E-state index is 12.4. The molecule has 1 aromatic rings. The lowest BCUT2D eigenvalue weighted by Gasteiger charge is -2.24. The van der Waals surface area contributed by atoms with Crippen LogP contribution < -0.4 is 0 Å². The summed E-state index contributed by atoms with van der Waals surface area (Å²) in [4.78, 5) is 18.3. The average molecular weight is 296 g/mol. The van der Waals surface area contributed by atoms with E-state index in [2.05, 4.69) is 4.98 Å². The molecule has 0 saturated carbocycles. The number of pyridine rings is 1. The molecule has 2 rings (SSSR count). The van der Waals surface area contributed by atoms with Crippen LogP contribution in [0.1, 0.15) is 27.2 Å². The Kier molecular flexibility index (Phi) is 4.42. The average Bonchev–Trinajstić information content (AvgIpc) is 2.86. The molecule has 2 atom stereocenters. The molecule has 1 amide bonds. The molecule has 1 unspecified atom stereocenters. The number of likely N-dealkylation sites (tertiary alicyclic amines) is 1. The van der Waals surface area contributed by atoms with E-state index in [1.54, 1.807) is 29.4 Å². The summed E-state index contributed by atoms with van der Waals surface area (Å²) in [6, 6.07) is 3.51. The molecule has 0 spiro atoms. The minimum absolute atomic E-state index is 0.0371. The second kappa shape index (κ2) is 5.91. The van der Waals surface area contributed by atoms with Crippen molar-refractivity contribution in [3.63, 3.8) is 0 Å². The van der Waals surface area contributed by atoms with E-state index in [1.165, 1.54) is 0 Å². The van der Waals surface area contributed by atoms with Crippen molar-refractivity contribution in [2.45, 2.75) is 42.9 Å². The van der Waals surface area contributed by atoms with Gasteiger partial charge in [0.05, 0.1) is 16.0 Å². The lowest BCUT2D eigenvalue weighted by Crippen LogP contribution is -2.36. The smallest absolute Gasteiger partial charge is 0.410 e. The summed E-state index contributed by atoms with van der Waals surface area (Å²) in [5, 5.41) is -0.0371. The summed E-state index contributed by atoms with van der Waals surface area (Å²) in [6.45, 7) is 6.59. The highest BCUT2D eigenvalue weighted by molar-refractivity contribution is 7.85. The Balaban J connectivity index is 1.96. The SMILES string of the molecule is CC(C)(C)OC(=O)N1CC[C@H](S(=O)c2ccncc2)C1. The van der Waals surface area contributed by atoms with Gasteiger partial charge in [0.1, 0.15) is 5.60 Å². The quantitative estimate of drug-likeness (QED) is 0.839. The Hall–Kier alpha value is -1.43. The predicted octanol–water partition coefficient (Wildman–Crippen LogP) is 2.20. The number of rotatable bonds is 2. The van der Waals surface area contributed by atoms with Crippen molar-refractivity contribution in [3.05, 3.63) is 24.5 Å². The number of nitrogens with zero attached hydrogens (tertiary/aromatic N) is 2. The summed E-state index contributed by atoms with van der Waals surface area (Å²) >= 11 is 0. The molecule has 0 N–H and O–H groups in total. The number of hydrogen-bond donors (Lipinski definition) is 0. The number of hydrogen-bond acceptors (Lipinski definition) is 4. The van der Waals surface area contributed by atoms with E-state index in [9.17, 15) is 9.00 Å². The maximum Gasteiger partial charge on any atom is 0.410 e. The first-order chi connectivity index (χ1) is 9.37. The lowest BCUT2D eigenvalue weighted by molar-refractivity contribution is 0.0295. The van der Waals surface area contributed by atoms with Crippen molar-refractivity contribution in [2.75, 3.05) is 13.1 Å². The van der Waals surface area contributed by atoms with Gasteiger partial charge in [0.2, 0.25) is 0 Å². The highest BCUT2D eigenvalue weighted by Crippen LogP contribution is 2.21. The number of carbonyl (C=O) groups is 1. The van der Waals surface area contributed by atoms with Gasteiger partial charge in [-0.3, -0.25) is 9.19 Å². The van der Waals surface area contributed by atoms with Crippen LogP contribution in [0.5, 0.6) is 0 Å². The molecule has 1 fully saturated rings. The van der Waals surface area contributed by atoms with Gasteiger partial charge in [-0.1, -0.05) is 0 Å². The van der Waals surface area contributed by atoms with Gasteiger partial charge >= 0.3 is 6.09 Å². The van der Waals surface area contributed by atoms with E-state index < -0.39 is 16.4 Å². The van der Waals surface area contributed by atoms with Gasteiger partial charge in [-0.15, -0.1) is 0 Å². The molecule has 2 heterocycles. The van der Waals surface area contributed by atoms with Crippen LogP contribution in [0.2, 0.25) is 0 Å². The van der Waals surface area contributed by atoms with Crippen molar-refractivity contribution >= 4 is 16.9 Å². The van der Waals surface area contributed by atoms with Gasteiger partial charge in [-0.2, -0.15) is 0 Å². The van der Waals surface area contributed by atoms with E-state index in [-0.39, 0.29) is 11.3 Å². The Labute approximate surface area is 121 Å². The third kappa shape index (κ3) is 3.79. The van der Waals surface area contributed by atoms with Crippen LogP contribution in [0.15, 0.2) is 29.4 Å². The van der Waals surface area contributed by atoms with Crippen molar-refractivity contribution in [3.8, 4) is 0 Å². The third-order valence-corrected chi connectivity index (χ3v) is 4.71. The van der Waals surface area contributed by atoms with Gasteiger partial charge in [0.15, 0.2) is 0 Å².